The molecule has 2 nitrogen and oxygen atoms in total. The Kier molecular flexibility index (Phi) is 16.1. The van der Waals surface area contributed by atoms with Crippen molar-refractivity contribution in [1.29, 1.82) is 0 Å². The van der Waals surface area contributed by atoms with E-state index in [4.69, 9.17) is 0 Å². The topological polar surface area (TPSA) is 6.48 Å². The van der Waals surface area contributed by atoms with E-state index in [9.17, 15) is 0 Å². The Morgan fingerprint density at radius 1 is 0.525 bits per heavy atom. The molecule has 0 saturated carbocycles. The monoisotopic (exact) mass is 538 g/mol. The highest BCUT2D eigenvalue weighted by Crippen LogP contribution is 2.44. The summed E-state index contributed by atoms with van der Waals surface area (Å²) in [6.07, 6.45) is 1.03. The molecule has 0 aromatic heterocycles. The maximum atomic E-state index is 2.43. The van der Waals surface area contributed by atoms with Crippen LogP contribution in [0, 0.1) is 0 Å². The van der Waals surface area contributed by atoms with E-state index in [0.717, 1.165) is 19.5 Å². The van der Waals surface area contributed by atoms with Crippen molar-refractivity contribution in [3.8, 4) is 22.3 Å². The van der Waals surface area contributed by atoms with E-state index in [1.54, 1.807) is 0 Å². The van der Waals surface area contributed by atoms with Crippen LogP contribution in [0.15, 0.2) is 91.0 Å². The summed E-state index contributed by atoms with van der Waals surface area (Å²) in [6, 6.07) is 33.4. The second-order valence-corrected chi connectivity index (χ2v) is 8.50. The lowest BCUT2D eigenvalue weighted by molar-refractivity contribution is 0.968. The van der Waals surface area contributed by atoms with Crippen molar-refractivity contribution in [3.63, 3.8) is 0 Å². The lowest BCUT2D eigenvalue weighted by atomic mass is 10.0. The van der Waals surface area contributed by atoms with Gasteiger partial charge in [-0.15, -0.1) is 0 Å². The molecule has 40 heavy (non-hydrogen) atoms. The second kappa shape index (κ2) is 18.7. The van der Waals surface area contributed by atoms with Gasteiger partial charge in [0.15, 0.2) is 0 Å². The number of hydrogen-bond acceptors (Lipinski definition) is 2. The molecule has 0 saturated heterocycles. The maximum Gasteiger partial charge on any atom is 0.0493 e. The minimum absolute atomic E-state index is 0.927. The van der Waals surface area contributed by atoms with Gasteiger partial charge in [0.1, 0.15) is 0 Å². The normalized spacial score (nSPS) is 9.97. The first kappa shape index (κ1) is 34.5. The van der Waals surface area contributed by atoms with Crippen LogP contribution in [0.4, 0.5) is 17.1 Å². The van der Waals surface area contributed by atoms with E-state index in [1.165, 1.54) is 50.4 Å². The first-order valence-corrected chi connectivity index (χ1v) is 15.6. The van der Waals surface area contributed by atoms with Crippen LogP contribution in [-0.2, 0) is 6.42 Å². The summed E-state index contributed by atoms with van der Waals surface area (Å²) >= 11 is 0. The number of nitrogens with zero attached hydrogens (tertiary/aromatic N) is 2. The van der Waals surface area contributed by atoms with Gasteiger partial charge in [-0.1, -0.05) is 116 Å². The molecule has 5 rings (SSSR count). The van der Waals surface area contributed by atoms with Crippen molar-refractivity contribution < 1.29 is 0 Å². The lowest BCUT2D eigenvalue weighted by Gasteiger charge is -2.26. The molecule has 0 heterocycles. The molecule has 1 aliphatic rings. The van der Waals surface area contributed by atoms with Crippen molar-refractivity contribution in [2.75, 3.05) is 29.9 Å². The predicted octanol–water partition coefficient (Wildman–Crippen LogP) is 11.6. The van der Waals surface area contributed by atoms with E-state index in [1.807, 2.05) is 55.4 Å². The summed E-state index contributed by atoms with van der Waals surface area (Å²) in [7, 11) is 2.13. The van der Waals surface area contributed by atoms with Gasteiger partial charge < -0.3 is 9.80 Å². The van der Waals surface area contributed by atoms with Gasteiger partial charge in [-0.05, 0) is 78.4 Å². The quantitative estimate of drug-likeness (QED) is 0.212. The first-order chi connectivity index (χ1) is 19.7. The van der Waals surface area contributed by atoms with Gasteiger partial charge in [0, 0.05) is 42.8 Å². The van der Waals surface area contributed by atoms with Crippen LogP contribution in [0.2, 0.25) is 0 Å². The Morgan fingerprint density at radius 3 is 1.55 bits per heavy atom. The van der Waals surface area contributed by atoms with Crippen molar-refractivity contribution >= 4 is 17.1 Å². The Balaban J connectivity index is 0.000000921. The van der Waals surface area contributed by atoms with E-state index in [2.05, 4.69) is 122 Å². The van der Waals surface area contributed by atoms with Crippen molar-refractivity contribution in [1.82, 2.24) is 0 Å². The van der Waals surface area contributed by atoms with Crippen LogP contribution in [0.1, 0.15) is 80.4 Å². The van der Waals surface area contributed by atoms with E-state index < -0.39 is 0 Å². The van der Waals surface area contributed by atoms with Crippen LogP contribution in [0.25, 0.3) is 22.3 Å². The first-order valence-electron chi connectivity index (χ1n) is 15.6. The van der Waals surface area contributed by atoms with E-state index in [0.29, 0.717) is 0 Å². The largest absolute Gasteiger partial charge is 0.375 e. The SMILES string of the molecule is CC.CC.CC.CC.CCN(C)c1ccc(-c2ccc(N(CC)c3cccc4c3-c3ccccc3C4)cc2)cc1. The summed E-state index contributed by atoms with van der Waals surface area (Å²) in [5, 5.41) is 0. The van der Waals surface area contributed by atoms with Gasteiger partial charge in [0.2, 0.25) is 0 Å². The molecule has 4 aromatic carbocycles. The lowest BCUT2D eigenvalue weighted by Crippen LogP contribution is -2.17. The number of hydrogen-bond donors (Lipinski definition) is 0. The molecule has 0 aliphatic heterocycles. The zero-order valence-electron chi connectivity index (χ0n) is 27.2. The molecule has 0 atom stereocenters. The molecule has 2 heteroatoms. The van der Waals surface area contributed by atoms with E-state index in [-0.39, 0.29) is 0 Å². The van der Waals surface area contributed by atoms with Gasteiger partial charge in [0.05, 0.1) is 0 Å². The molecule has 1 aliphatic carbocycles. The molecular formula is C38H54N2. The second-order valence-electron chi connectivity index (χ2n) is 8.50. The summed E-state index contributed by atoms with van der Waals surface area (Å²) in [5.74, 6) is 0. The van der Waals surface area contributed by atoms with Crippen molar-refractivity contribution in [2.24, 2.45) is 0 Å². The Labute approximate surface area is 246 Å². The predicted molar refractivity (Wildman–Crippen MR) is 184 cm³/mol. The van der Waals surface area contributed by atoms with Gasteiger partial charge in [-0.2, -0.15) is 0 Å². The molecule has 4 aromatic rings. The molecule has 0 radical (unpaired) electrons. The molecule has 0 unspecified atom stereocenters. The molecule has 0 amide bonds. The molecule has 0 bridgehead atoms. The molecular weight excluding hydrogens is 484 g/mol. The summed E-state index contributed by atoms with van der Waals surface area (Å²) in [4.78, 5) is 4.69. The highest BCUT2D eigenvalue weighted by atomic mass is 15.1. The van der Waals surface area contributed by atoms with Gasteiger partial charge in [-0.3, -0.25) is 0 Å². The third kappa shape index (κ3) is 8.01. The minimum atomic E-state index is 0.927. The number of benzene rings is 4. The summed E-state index contributed by atoms with van der Waals surface area (Å²) < 4.78 is 0. The fourth-order valence-electron chi connectivity index (χ4n) is 4.81. The molecule has 0 N–H and O–H groups in total. The zero-order valence-corrected chi connectivity index (χ0v) is 27.2. The van der Waals surface area contributed by atoms with Gasteiger partial charge in [-0.25, -0.2) is 0 Å². The highest BCUT2D eigenvalue weighted by Gasteiger charge is 2.23. The molecule has 0 spiro atoms. The average Bonchev–Trinajstić information content (AvgIpc) is 3.45. The number of anilines is 3. The van der Waals surface area contributed by atoms with Crippen LogP contribution in [0.3, 0.4) is 0 Å². The van der Waals surface area contributed by atoms with Gasteiger partial charge in [0.25, 0.3) is 0 Å². The molecule has 0 fully saturated rings. The van der Waals surface area contributed by atoms with Gasteiger partial charge >= 0.3 is 0 Å². The van der Waals surface area contributed by atoms with Crippen LogP contribution < -0.4 is 9.80 Å². The third-order valence-electron chi connectivity index (χ3n) is 6.70. The Bertz CT molecular complexity index is 1220. The fraction of sp³-hybridized carbons (Fsp3) is 0.368. The number of fused-ring (bicyclic) bond motifs is 3. The maximum absolute atomic E-state index is 2.43. The Hall–Kier alpha value is -3.52. The zero-order chi connectivity index (χ0) is 30.1. The third-order valence-corrected chi connectivity index (χ3v) is 6.70. The Morgan fingerprint density at radius 2 is 1.02 bits per heavy atom. The van der Waals surface area contributed by atoms with Crippen molar-refractivity contribution in [3.05, 3.63) is 102 Å². The number of rotatable bonds is 6. The van der Waals surface area contributed by atoms with Crippen LogP contribution in [0.5, 0.6) is 0 Å². The standard InChI is InChI=1S/C30H30N2.4C2H6/c1-4-31(3)26-17-13-22(14-18-26)23-15-19-27(20-16-23)32(5-2)29-12-8-10-25-21-24-9-6-7-11-28(24)30(25)29;4*1-2/h6-20H,4-5,21H2,1-3H3;4*1-2H3. The highest BCUT2D eigenvalue weighted by molar-refractivity contribution is 5.89. The summed E-state index contributed by atoms with van der Waals surface area (Å²) in [6.45, 7) is 22.3. The fourth-order valence-corrected chi connectivity index (χ4v) is 4.81. The van der Waals surface area contributed by atoms with Crippen LogP contribution in [-0.4, -0.2) is 20.1 Å². The molecule has 216 valence electrons. The summed E-state index contributed by atoms with van der Waals surface area (Å²) in [5.41, 5.74) is 11.9. The minimum Gasteiger partial charge on any atom is -0.375 e. The van der Waals surface area contributed by atoms with Crippen molar-refractivity contribution in [2.45, 2.75) is 75.7 Å². The smallest absolute Gasteiger partial charge is 0.0493 e. The average molecular weight is 539 g/mol. The van der Waals surface area contributed by atoms with Crippen LogP contribution >= 0.6 is 0 Å². The van der Waals surface area contributed by atoms with E-state index >= 15 is 0 Å².